The highest BCUT2D eigenvalue weighted by Gasteiger charge is 2.41. The van der Waals surface area contributed by atoms with Crippen LogP contribution in [0.3, 0.4) is 0 Å². The summed E-state index contributed by atoms with van der Waals surface area (Å²) >= 11 is 0. The van der Waals surface area contributed by atoms with E-state index in [1.807, 2.05) is 37.3 Å². The van der Waals surface area contributed by atoms with Gasteiger partial charge in [-0.15, -0.1) is 0 Å². The van der Waals surface area contributed by atoms with Gasteiger partial charge >= 0.3 is 5.97 Å². The summed E-state index contributed by atoms with van der Waals surface area (Å²) in [7, 11) is 1.36. The lowest BCUT2D eigenvalue weighted by Crippen LogP contribution is -2.29. The van der Waals surface area contributed by atoms with E-state index in [9.17, 15) is 9.59 Å². The molecule has 0 unspecified atom stereocenters. The van der Waals surface area contributed by atoms with Crippen molar-refractivity contribution in [3.8, 4) is 0 Å². The lowest BCUT2D eigenvalue weighted by molar-refractivity contribution is -0.116. The van der Waals surface area contributed by atoms with E-state index in [2.05, 4.69) is 22.6 Å². The monoisotopic (exact) mass is 414 g/mol. The Morgan fingerprint density at radius 1 is 1.06 bits per heavy atom. The van der Waals surface area contributed by atoms with E-state index in [0.29, 0.717) is 17.9 Å². The maximum absolute atomic E-state index is 13.4. The number of methoxy groups -OCH3 is 1. The second-order valence-electron chi connectivity index (χ2n) is 8.01. The number of esters is 1. The van der Waals surface area contributed by atoms with E-state index in [0.717, 1.165) is 40.1 Å². The van der Waals surface area contributed by atoms with E-state index < -0.39 is 5.97 Å². The van der Waals surface area contributed by atoms with Crippen LogP contribution in [0.5, 0.6) is 0 Å². The summed E-state index contributed by atoms with van der Waals surface area (Å²) in [6.07, 6.45) is 1.18. The Hall–Kier alpha value is -3.67. The van der Waals surface area contributed by atoms with Gasteiger partial charge < -0.3 is 14.6 Å². The highest BCUT2D eigenvalue weighted by Crippen LogP contribution is 2.48. The molecule has 0 bridgehead atoms. The minimum Gasteiger partial charge on any atom is -0.465 e. The van der Waals surface area contributed by atoms with Crippen molar-refractivity contribution in [2.24, 2.45) is 0 Å². The zero-order valence-electron chi connectivity index (χ0n) is 17.3. The van der Waals surface area contributed by atoms with Gasteiger partial charge in [-0.3, -0.25) is 4.79 Å². The van der Waals surface area contributed by atoms with Crippen LogP contribution >= 0.6 is 0 Å². The van der Waals surface area contributed by atoms with E-state index >= 15 is 0 Å². The predicted octanol–water partition coefficient (Wildman–Crippen LogP) is 4.73. The molecule has 1 aromatic heterocycles. The van der Waals surface area contributed by atoms with Crippen molar-refractivity contribution in [1.29, 1.82) is 0 Å². The number of hydrogen-bond acceptors (Lipinski definition) is 6. The standard InChI is InChI=1S/C25H22N2O4/c1-14-21-22(16-8-10-17(11-9-16)25(29)30-2)23-19(26-24(21)31-27-14)12-18(13-20(23)28)15-6-4-3-5-7-15/h3-11,18,22,26H,12-13H2,1-2H3/t18-,22-/m0/s1. The van der Waals surface area contributed by atoms with Crippen LogP contribution in [0.2, 0.25) is 0 Å². The number of benzene rings is 2. The van der Waals surface area contributed by atoms with Crippen LogP contribution in [0.15, 0.2) is 70.4 Å². The molecule has 5 rings (SSSR count). The molecule has 0 radical (unpaired) electrons. The molecular weight excluding hydrogens is 392 g/mol. The van der Waals surface area contributed by atoms with E-state index in [1.54, 1.807) is 12.1 Å². The minimum atomic E-state index is -0.391. The number of rotatable bonds is 3. The zero-order valence-corrected chi connectivity index (χ0v) is 17.3. The fourth-order valence-electron chi connectivity index (χ4n) is 4.70. The van der Waals surface area contributed by atoms with Crippen molar-refractivity contribution < 1.29 is 18.8 Å². The van der Waals surface area contributed by atoms with E-state index in [-0.39, 0.29) is 17.6 Å². The summed E-state index contributed by atoms with van der Waals surface area (Å²) < 4.78 is 10.4. The first-order chi connectivity index (χ1) is 15.1. The molecule has 3 aromatic rings. The number of ketones is 1. The largest absolute Gasteiger partial charge is 0.465 e. The Morgan fingerprint density at radius 3 is 2.52 bits per heavy atom. The highest BCUT2D eigenvalue weighted by molar-refractivity contribution is 6.01. The number of allylic oxidation sites excluding steroid dienone is 2. The Labute approximate surface area is 179 Å². The quantitative estimate of drug-likeness (QED) is 0.624. The average Bonchev–Trinajstić information content (AvgIpc) is 3.18. The third-order valence-electron chi connectivity index (χ3n) is 6.19. The number of nitrogens with one attached hydrogen (secondary N) is 1. The molecule has 6 heteroatoms. The minimum absolute atomic E-state index is 0.118. The van der Waals surface area contributed by atoms with Gasteiger partial charge in [0.2, 0.25) is 5.88 Å². The van der Waals surface area contributed by atoms with Gasteiger partial charge in [-0.1, -0.05) is 47.6 Å². The molecule has 0 spiro atoms. The third-order valence-corrected chi connectivity index (χ3v) is 6.19. The van der Waals surface area contributed by atoms with Gasteiger partial charge in [-0.05, 0) is 42.5 Å². The van der Waals surface area contributed by atoms with Gasteiger partial charge in [-0.2, -0.15) is 0 Å². The van der Waals surface area contributed by atoms with Gasteiger partial charge in [0.15, 0.2) is 5.78 Å². The first kappa shape index (κ1) is 19.3. The smallest absolute Gasteiger partial charge is 0.337 e. The maximum Gasteiger partial charge on any atom is 0.337 e. The van der Waals surface area contributed by atoms with Crippen molar-refractivity contribution in [3.63, 3.8) is 0 Å². The number of carbonyl (C=O) groups is 2. The van der Waals surface area contributed by atoms with E-state index in [1.165, 1.54) is 7.11 Å². The lowest BCUT2D eigenvalue weighted by atomic mass is 9.72. The van der Waals surface area contributed by atoms with Crippen molar-refractivity contribution in [2.45, 2.75) is 31.6 Å². The van der Waals surface area contributed by atoms with Crippen LogP contribution in [0.4, 0.5) is 5.88 Å². The topological polar surface area (TPSA) is 81.4 Å². The summed E-state index contributed by atoms with van der Waals surface area (Å²) in [5.41, 5.74) is 5.80. The molecule has 31 heavy (non-hydrogen) atoms. The van der Waals surface area contributed by atoms with Crippen LogP contribution in [0.1, 0.15) is 57.4 Å². The molecule has 156 valence electrons. The fourth-order valence-corrected chi connectivity index (χ4v) is 4.70. The molecule has 0 saturated heterocycles. The van der Waals surface area contributed by atoms with Gasteiger partial charge in [0.05, 0.1) is 23.9 Å². The maximum atomic E-state index is 13.4. The Bertz CT molecular complexity index is 1190. The van der Waals surface area contributed by atoms with Gasteiger partial charge in [0.1, 0.15) is 0 Å². The molecule has 1 aliphatic carbocycles. The Morgan fingerprint density at radius 2 is 1.81 bits per heavy atom. The van der Waals surface area contributed by atoms with Gasteiger partial charge in [-0.25, -0.2) is 4.79 Å². The van der Waals surface area contributed by atoms with Gasteiger partial charge in [0.25, 0.3) is 0 Å². The molecule has 6 nitrogen and oxygen atoms in total. The summed E-state index contributed by atoms with van der Waals surface area (Å²) in [6.45, 7) is 1.88. The number of carbonyl (C=O) groups excluding carboxylic acids is 2. The van der Waals surface area contributed by atoms with Crippen LogP contribution in [-0.2, 0) is 9.53 Å². The Balaban J connectivity index is 1.59. The summed E-state index contributed by atoms with van der Waals surface area (Å²) in [6, 6.07) is 17.3. The van der Waals surface area contributed by atoms with Crippen molar-refractivity contribution in [1.82, 2.24) is 5.16 Å². The summed E-state index contributed by atoms with van der Waals surface area (Å²) in [5.74, 6) is 0.148. The number of hydrogen-bond donors (Lipinski definition) is 1. The number of fused-ring (bicyclic) bond motifs is 1. The highest BCUT2D eigenvalue weighted by atomic mass is 16.5. The normalized spacial score (nSPS) is 20.0. The summed E-state index contributed by atoms with van der Waals surface area (Å²) in [4.78, 5) is 25.3. The van der Waals surface area contributed by atoms with Crippen LogP contribution in [0.25, 0.3) is 0 Å². The first-order valence-electron chi connectivity index (χ1n) is 10.3. The second kappa shape index (κ2) is 7.54. The summed E-state index contributed by atoms with van der Waals surface area (Å²) in [5, 5.41) is 7.49. The third kappa shape index (κ3) is 3.24. The van der Waals surface area contributed by atoms with Crippen LogP contribution in [0, 0.1) is 6.92 Å². The zero-order chi connectivity index (χ0) is 21.5. The SMILES string of the molecule is COC(=O)c1ccc([C@@H]2C3=C(C[C@H](c4ccccc4)CC3=O)Nc3onc(C)c32)cc1. The number of aryl methyl sites for hydroxylation is 1. The average molecular weight is 414 g/mol. The molecule has 0 saturated carbocycles. The number of nitrogens with zero attached hydrogens (tertiary/aromatic N) is 1. The number of anilines is 1. The molecule has 2 atom stereocenters. The number of ether oxygens (including phenoxy) is 1. The molecule has 1 N–H and O–H groups in total. The number of Topliss-reactive ketones (excluding diaryl/α,β-unsaturated/α-hetero) is 1. The molecule has 2 aromatic carbocycles. The lowest BCUT2D eigenvalue weighted by Gasteiger charge is -2.34. The molecular formula is C25H22N2O4. The fraction of sp³-hybridized carbons (Fsp3) is 0.240. The molecule has 2 aliphatic rings. The van der Waals surface area contributed by atoms with E-state index in [4.69, 9.17) is 9.26 Å². The Kier molecular flexibility index (Phi) is 4.70. The molecule has 1 aliphatic heterocycles. The molecule has 0 fully saturated rings. The van der Waals surface area contributed by atoms with Crippen LogP contribution in [-0.4, -0.2) is 24.0 Å². The first-order valence-corrected chi connectivity index (χ1v) is 10.3. The van der Waals surface area contributed by atoms with Crippen molar-refractivity contribution in [2.75, 3.05) is 12.4 Å². The van der Waals surface area contributed by atoms with Gasteiger partial charge in [0, 0.05) is 23.6 Å². The molecule has 2 heterocycles. The molecule has 0 amide bonds. The second-order valence-corrected chi connectivity index (χ2v) is 8.01. The number of aromatic nitrogens is 1. The van der Waals surface area contributed by atoms with Crippen molar-refractivity contribution >= 4 is 17.6 Å². The predicted molar refractivity (Wildman–Crippen MR) is 115 cm³/mol. The van der Waals surface area contributed by atoms with Crippen LogP contribution < -0.4 is 5.32 Å². The van der Waals surface area contributed by atoms with Crippen molar-refractivity contribution in [3.05, 3.63) is 93.8 Å².